The van der Waals surface area contributed by atoms with Crippen LogP contribution in [0.3, 0.4) is 0 Å². The van der Waals surface area contributed by atoms with Crippen LogP contribution in [0.4, 0.5) is 5.69 Å². The summed E-state index contributed by atoms with van der Waals surface area (Å²) in [7, 11) is 0. The molecule has 2 N–H and O–H groups in total. The summed E-state index contributed by atoms with van der Waals surface area (Å²) in [6, 6.07) is 13.7. The number of ether oxygens (including phenoxy) is 1. The van der Waals surface area contributed by atoms with Gasteiger partial charge in [-0.15, -0.1) is 0 Å². The van der Waals surface area contributed by atoms with Gasteiger partial charge in [-0.3, -0.25) is 10.1 Å². The van der Waals surface area contributed by atoms with Gasteiger partial charge in [0.05, 0.1) is 29.9 Å². The second-order valence-electron chi connectivity index (χ2n) is 6.73. The molecule has 2 heterocycles. The maximum Gasteiger partial charge on any atom is 0.270 e. The van der Waals surface area contributed by atoms with Crippen LogP contribution in [0.2, 0.25) is 0 Å². The lowest BCUT2D eigenvalue weighted by Crippen LogP contribution is -2.33. The predicted molar refractivity (Wildman–Crippen MR) is 107 cm³/mol. The molecular formula is C21H20N4O4. The molecule has 0 bridgehead atoms. The SMILES string of the molecule is O=[N+]([O-])c1cccc(-c2ncc(C3CNCCO3)c(-c3cccc(CO)c3)n2)c1. The molecule has 2 aromatic carbocycles. The molecule has 8 nitrogen and oxygen atoms in total. The van der Waals surface area contributed by atoms with Crippen LogP contribution in [0.25, 0.3) is 22.6 Å². The summed E-state index contributed by atoms with van der Waals surface area (Å²) in [4.78, 5) is 19.9. The van der Waals surface area contributed by atoms with Gasteiger partial charge in [0.1, 0.15) is 0 Å². The van der Waals surface area contributed by atoms with Gasteiger partial charge in [-0.05, 0) is 11.6 Å². The highest BCUT2D eigenvalue weighted by molar-refractivity contribution is 5.68. The summed E-state index contributed by atoms with van der Waals surface area (Å²) in [5.74, 6) is 0.394. The fourth-order valence-electron chi connectivity index (χ4n) is 3.34. The van der Waals surface area contributed by atoms with Crippen LogP contribution in [0.1, 0.15) is 17.2 Å². The van der Waals surface area contributed by atoms with Crippen LogP contribution in [-0.2, 0) is 11.3 Å². The second-order valence-corrected chi connectivity index (χ2v) is 6.73. The Bertz CT molecular complexity index is 1030. The topological polar surface area (TPSA) is 110 Å². The van der Waals surface area contributed by atoms with Gasteiger partial charge in [-0.2, -0.15) is 0 Å². The lowest BCUT2D eigenvalue weighted by atomic mass is 10.0. The quantitative estimate of drug-likeness (QED) is 0.507. The molecule has 1 aliphatic heterocycles. The van der Waals surface area contributed by atoms with E-state index >= 15 is 0 Å². The van der Waals surface area contributed by atoms with Crippen molar-refractivity contribution in [1.82, 2.24) is 15.3 Å². The summed E-state index contributed by atoms with van der Waals surface area (Å²) in [6.45, 7) is 1.95. The summed E-state index contributed by atoms with van der Waals surface area (Å²) in [5, 5.41) is 23.9. The Kier molecular flexibility index (Phi) is 5.57. The molecule has 0 spiro atoms. The van der Waals surface area contributed by atoms with E-state index in [1.165, 1.54) is 12.1 Å². The van der Waals surface area contributed by atoms with Gasteiger partial charge in [0, 0.05) is 48.1 Å². The fourth-order valence-corrected chi connectivity index (χ4v) is 3.34. The van der Waals surface area contributed by atoms with Gasteiger partial charge in [0.15, 0.2) is 5.82 Å². The zero-order valence-corrected chi connectivity index (χ0v) is 15.6. The van der Waals surface area contributed by atoms with Crippen molar-refractivity contribution in [3.63, 3.8) is 0 Å². The molecule has 0 amide bonds. The van der Waals surface area contributed by atoms with Crippen LogP contribution in [-0.4, -0.2) is 39.7 Å². The number of nitrogens with zero attached hydrogens (tertiary/aromatic N) is 3. The molecule has 8 heteroatoms. The molecule has 29 heavy (non-hydrogen) atoms. The van der Waals surface area contributed by atoms with Crippen LogP contribution in [0.5, 0.6) is 0 Å². The molecule has 1 fully saturated rings. The number of aromatic nitrogens is 2. The first kappa shape index (κ1) is 19.1. The molecule has 1 saturated heterocycles. The standard InChI is InChI=1S/C21H20N4O4/c26-13-14-3-1-4-15(9-14)20-18(19-12-22-7-8-29-19)11-23-21(24-20)16-5-2-6-17(10-16)25(27)28/h1-6,9-11,19,22,26H,7-8,12-13H2. The molecule has 1 aromatic heterocycles. The number of hydrogen-bond donors (Lipinski definition) is 2. The minimum Gasteiger partial charge on any atom is -0.392 e. The van der Waals surface area contributed by atoms with Gasteiger partial charge in [0.25, 0.3) is 5.69 Å². The second kappa shape index (κ2) is 8.44. The Morgan fingerprint density at radius 2 is 2.03 bits per heavy atom. The molecular weight excluding hydrogens is 372 g/mol. The molecule has 3 aromatic rings. The van der Waals surface area contributed by atoms with E-state index in [0.717, 1.165) is 23.2 Å². The third-order valence-electron chi connectivity index (χ3n) is 4.79. The van der Waals surface area contributed by atoms with Crippen LogP contribution in [0, 0.1) is 10.1 Å². The average molecular weight is 392 g/mol. The summed E-state index contributed by atoms with van der Waals surface area (Å²) < 4.78 is 5.90. The Balaban J connectivity index is 1.83. The van der Waals surface area contributed by atoms with Crippen molar-refractivity contribution in [3.8, 4) is 22.6 Å². The summed E-state index contributed by atoms with van der Waals surface area (Å²) in [5.41, 5.74) is 3.67. The third-order valence-corrected chi connectivity index (χ3v) is 4.79. The molecule has 1 atom stereocenters. The van der Waals surface area contributed by atoms with Crippen molar-refractivity contribution in [2.75, 3.05) is 19.7 Å². The lowest BCUT2D eigenvalue weighted by molar-refractivity contribution is -0.384. The average Bonchev–Trinajstić information content (AvgIpc) is 2.79. The zero-order chi connectivity index (χ0) is 20.2. The van der Waals surface area contributed by atoms with Crippen molar-refractivity contribution < 1.29 is 14.8 Å². The normalized spacial score (nSPS) is 16.5. The first-order chi connectivity index (χ1) is 14.2. The Labute approximate surface area is 167 Å². The number of nitrogens with one attached hydrogen (secondary N) is 1. The minimum atomic E-state index is -0.439. The molecule has 4 rings (SSSR count). The number of morpholine rings is 1. The highest BCUT2D eigenvalue weighted by atomic mass is 16.6. The number of non-ortho nitro benzene ring substituents is 1. The van der Waals surface area contributed by atoms with E-state index in [1.54, 1.807) is 18.3 Å². The van der Waals surface area contributed by atoms with Gasteiger partial charge in [-0.1, -0.05) is 30.3 Å². The lowest BCUT2D eigenvalue weighted by Gasteiger charge is -2.25. The maximum atomic E-state index is 11.1. The Hall–Kier alpha value is -3.20. The summed E-state index contributed by atoms with van der Waals surface area (Å²) >= 11 is 0. The molecule has 1 aliphatic rings. The molecule has 0 aliphatic carbocycles. The molecule has 0 radical (unpaired) electrons. The number of nitro benzene ring substituents is 1. The van der Waals surface area contributed by atoms with Crippen molar-refractivity contribution >= 4 is 5.69 Å². The number of aliphatic hydroxyl groups is 1. The van der Waals surface area contributed by atoms with Crippen molar-refractivity contribution in [1.29, 1.82) is 0 Å². The van der Waals surface area contributed by atoms with Gasteiger partial charge < -0.3 is 15.2 Å². The van der Waals surface area contributed by atoms with Gasteiger partial charge in [-0.25, -0.2) is 9.97 Å². The molecule has 148 valence electrons. The van der Waals surface area contributed by atoms with E-state index in [1.807, 2.05) is 24.3 Å². The van der Waals surface area contributed by atoms with Gasteiger partial charge in [0.2, 0.25) is 0 Å². The van der Waals surface area contributed by atoms with E-state index in [-0.39, 0.29) is 18.4 Å². The number of hydrogen-bond acceptors (Lipinski definition) is 7. The summed E-state index contributed by atoms with van der Waals surface area (Å²) in [6.07, 6.45) is 1.52. The third kappa shape index (κ3) is 4.14. The highest BCUT2D eigenvalue weighted by Gasteiger charge is 2.22. The number of benzene rings is 2. The van der Waals surface area contributed by atoms with E-state index in [9.17, 15) is 15.2 Å². The number of rotatable bonds is 5. The minimum absolute atomic E-state index is 0.0150. The first-order valence-corrected chi connectivity index (χ1v) is 9.30. The molecule has 0 saturated carbocycles. The van der Waals surface area contributed by atoms with Crippen molar-refractivity contribution in [3.05, 3.63) is 76.0 Å². The smallest absolute Gasteiger partial charge is 0.270 e. The fraction of sp³-hybridized carbons (Fsp3) is 0.238. The Morgan fingerprint density at radius 3 is 2.79 bits per heavy atom. The van der Waals surface area contributed by atoms with E-state index in [0.29, 0.717) is 30.2 Å². The van der Waals surface area contributed by atoms with Crippen LogP contribution >= 0.6 is 0 Å². The number of nitro groups is 1. The van der Waals surface area contributed by atoms with Gasteiger partial charge >= 0.3 is 0 Å². The maximum absolute atomic E-state index is 11.1. The van der Waals surface area contributed by atoms with E-state index in [4.69, 9.17) is 9.72 Å². The van der Waals surface area contributed by atoms with Crippen molar-refractivity contribution in [2.24, 2.45) is 0 Å². The van der Waals surface area contributed by atoms with E-state index < -0.39 is 4.92 Å². The monoisotopic (exact) mass is 392 g/mol. The van der Waals surface area contributed by atoms with Crippen LogP contribution in [0.15, 0.2) is 54.7 Å². The largest absolute Gasteiger partial charge is 0.392 e. The van der Waals surface area contributed by atoms with E-state index in [2.05, 4.69) is 10.3 Å². The van der Waals surface area contributed by atoms with Crippen LogP contribution < -0.4 is 5.32 Å². The first-order valence-electron chi connectivity index (χ1n) is 9.30. The van der Waals surface area contributed by atoms with Crippen molar-refractivity contribution in [2.45, 2.75) is 12.7 Å². The zero-order valence-electron chi connectivity index (χ0n) is 15.6. The highest BCUT2D eigenvalue weighted by Crippen LogP contribution is 2.32. The molecule has 1 unspecified atom stereocenters. The number of aliphatic hydroxyl groups excluding tert-OH is 1. The predicted octanol–water partition coefficient (Wildman–Crippen LogP) is 2.87. The Morgan fingerprint density at radius 1 is 1.21 bits per heavy atom.